The largest absolute Gasteiger partial charge is 0.506 e. The molecular weight excluding hydrogens is 311 g/mol. The molecule has 3 N–H and O–H groups in total. The lowest BCUT2D eigenvalue weighted by atomic mass is 10.2. The molecule has 2 aromatic rings. The van der Waals surface area contributed by atoms with Gasteiger partial charge in [0, 0.05) is 16.2 Å². The number of halogens is 2. The normalized spacial score (nSPS) is 10.6. The van der Waals surface area contributed by atoms with Gasteiger partial charge in [-0.05, 0) is 42.0 Å². The van der Waals surface area contributed by atoms with E-state index < -0.39 is 6.03 Å². The standard InChI is InChI=1S/C15H12Cl2N2O2/c16-11-3-1-10(2-4-11)7-8-18-15(21)19-13-9-12(17)5-6-14(13)20/h1-9,20H,(H2,18,19,21)/b8-7+. The van der Waals surface area contributed by atoms with Crippen molar-refractivity contribution < 1.29 is 9.90 Å². The molecule has 0 atom stereocenters. The number of nitrogens with one attached hydrogen (secondary N) is 2. The molecule has 108 valence electrons. The first-order valence-electron chi connectivity index (χ1n) is 6.03. The Hall–Kier alpha value is -2.17. The van der Waals surface area contributed by atoms with Crippen molar-refractivity contribution >= 4 is 41.0 Å². The van der Waals surface area contributed by atoms with E-state index in [9.17, 15) is 9.90 Å². The zero-order chi connectivity index (χ0) is 15.2. The van der Waals surface area contributed by atoms with Gasteiger partial charge in [0.15, 0.2) is 0 Å². The van der Waals surface area contributed by atoms with Gasteiger partial charge in [0.1, 0.15) is 5.75 Å². The highest BCUT2D eigenvalue weighted by molar-refractivity contribution is 6.31. The van der Waals surface area contributed by atoms with Crippen LogP contribution in [-0.2, 0) is 0 Å². The molecule has 0 unspecified atom stereocenters. The van der Waals surface area contributed by atoms with Crippen LogP contribution in [0.3, 0.4) is 0 Å². The zero-order valence-corrected chi connectivity index (χ0v) is 12.3. The second-order valence-corrected chi connectivity index (χ2v) is 5.02. The van der Waals surface area contributed by atoms with Crippen LogP contribution in [0.25, 0.3) is 6.08 Å². The fraction of sp³-hybridized carbons (Fsp3) is 0. The van der Waals surface area contributed by atoms with Crippen molar-refractivity contribution in [2.24, 2.45) is 0 Å². The number of amides is 2. The van der Waals surface area contributed by atoms with Crippen molar-refractivity contribution in [1.82, 2.24) is 5.32 Å². The summed E-state index contributed by atoms with van der Waals surface area (Å²) in [6.07, 6.45) is 3.20. The van der Waals surface area contributed by atoms with Gasteiger partial charge in [0.25, 0.3) is 0 Å². The van der Waals surface area contributed by atoms with Crippen LogP contribution in [0.5, 0.6) is 5.75 Å². The predicted molar refractivity (Wildman–Crippen MR) is 85.8 cm³/mol. The van der Waals surface area contributed by atoms with E-state index in [4.69, 9.17) is 23.2 Å². The Bertz CT molecular complexity index is 670. The first kappa shape index (κ1) is 15.2. The van der Waals surface area contributed by atoms with Crippen LogP contribution < -0.4 is 10.6 Å². The molecule has 0 saturated heterocycles. The number of carbonyl (C=O) groups excluding carboxylic acids is 1. The highest BCUT2D eigenvalue weighted by Crippen LogP contribution is 2.26. The number of hydrogen-bond donors (Lipinski definition) is 3. The smallest absolute Gasteiger partial charge is 0.323 e. The first-order chi connectivity index (χ1) is 10.0. The number of hydrogen-bond acceptors (Lipinski definition) is 2. The second-order valence-electron chi connectivity index (χ2n) is 4.14. The quantitative estimate of drug-likeness (QED) is 0.729. The molecule has 0 fully saturated rings. The number of anilines is 1. The van der Waals surface area contributed by atoms with E-state index in [2.05, 4.69) is 10.6 Å². The van der Waals surface area contributed by atoms with Crippen molar-refractivity contribution in [1.29, 1.82) is 0 Å². The number of aromatic hydroxyl groups is 1. The van der Waals surface area contributed by atoms with Crippen LogP contribution in [0.4, 0.5) is 10.5 Å². The van der Waals surface area contributed by atoms with Crippen LogP contribution in [0, 0.1) is 0 Å². The molecule has 21 heavy (non-hydrogen) atoms. The highest BCUT2D eigenvalue weighted by Gasteiger charge is 2.05. The van der Waals surface area contributed by atoms with Gasteiger partial charge in [-0.25, -0.2) is 4.79 Å². The molecule has 0 bridgehead atoms. The maximum Gasteiger partial charge on any atom is 0.323 e. The summed E-state index contributed by atoms with van der Waals surface area (Å²) in [5.74, 6) is -0.0590. The summed E-state index contributed by atoms with van der Waals surface area (Å²) in [7, 11) is 0. The second kappa shape index (κ2) is 7.02. The lowest BCUT2D eigenvalue weighted by Gasteiger charge is -2.07. The third-order valence-electron chi connectivity index (χ3n) is 2.57. The van der Waals surface area contributed by atoms with Gasteiger partial charge < -0.3 is 15.7 Å². The van der Waals surface area contributed by atoms with Crippen molar-refractivity contribution in [3.63, 3.8) is 0 Å². The van der Waals surface area contributed by atoms with Crippen LogP contribution in [0.1, 0.15) is 5.56 Å². The molecule has 2 rings (SSSR count). The molecule has 0 radical (unpaired) electrons. The Labute approximate surface area is 132 Å². The summed E-state index contributed by atoms with van der Waals surface area (Å²) in [5, 5.41) is 15.7. The number of rotatable bonds is 3. The molecule has 6 heteroatoms. The maximum absolute atomic E-state index is 11.7. The monoisotopic (exact) mass is 322 g/mol. The minimum absolute atomic E-state index is 0.0590. The molecule has 0 spiro atoms. The van der Waals surface area contributed by atoms with E-state index in [0.717, 1.165) is 5.56 Å². The summed E-state index contributed by atoms with van der Waals surface area (Å²) < 4.78 is 0. The van der Waals surface area contributed by atoms with Crippen LogP contribution in [0.15, 0.2) is 48.7 Å². The number of phenols is 1. The van der Waals surface area contributed by atoms with E-state index >= 15 is 0 Å². The molecule has 0 aromatic heterocycles. The molecule has 4 nitrogen and oxygen atoms in total. The summed E-state index contributed by atoms with van der Waals surface area (Å²) in [5.41, 5.74) is 1.13. The van der Waals surface area contributed by atoms with Gasteiger partial charge >= 0.3 is 6.03 Å². The molecule has 0 aliphatic carbocycles. The SMILES string of the molecule is O=C(N/C=C/c1ccc(Cl)cc1)Nc1cc(Cl)ccc1O. The number of carbonyl (C=O) groups is 1. The molecule has 2 aromatic carbocycles. The molecular formula is C15H12Cl2N2O2. The van der Waals surface area contributed by atoms with Gasteiger partial charge in [-0.1, -0.05) is 35.3 Å². The Morgan fingerprint density at radius 1 is 1.05 bits per heavy atom. The molecule has 0 heterocycles. The fourth-order valence-electron chi connectivity index (χ4n) is 1.55. The third-order valence-corrected chi connectivity index (χ3v) is 3.05. The lowest BCUT2D eigenvalue weighted by molar-refractivity contribution is 0.255. The van der Waals surface area contributed by atoms with Gasteiger partial charge in [-0.2, -0.15) is 0 Å². The third kappa shape index (κ3) is 4.70. The van der Waals surface area contributed by atoms with E-state index in [1.807, 2.05) is 12.1 Å². The van der Waals surface area contributed by atoms with E-state index in [-0.39, 0.29) is 11.4 Å². The fourth-order valence-corrected chi connectivity index (χ4v) is 1.85. The van der Waals surface area contributed by atoms with Gasteiger partial charge in [-0.15, -0.1) is 0 Å². The van der Waals surface area contributed by atoms with Crippen LogP contribution in [0.2, 0.25) is 10.0 Å². The molecule has 0 aliphatic rings. The number of phenolic OH excluding ortho intramolecular Hbond substituents is 1. The topological polar surface area (TPSA) is 61.4 Å². The van der Waals surface area contributed by atoms with Gasteiger partial charge in [0.2, 0.25) is 0 Å². The highest BCUT2D eigenvalue weighted by atomic mass is 35.5. The average molecular weight is 323 g/mol. The van der Waals surface area contributed by atoms with Crippen LogP contribution >= 0.6 is 23.2 Å². The average Bonchev–Trinajstić information content (AvgIpc) is 2.45. The minimum atomic E-state index is -0.488. The Morgan fingerprint density at radius 2 is 1.71 bits per heavy atom. The minimum Gasteiger partial charge on any atom is -0.506 e. The Morgan fingerprint density at radius 3 is 2.43 bits per heavy atom. The van der Waals surface area contributed by atoms with E-state index in [0.29, 0.717) is 10.0 Å². The number of benzene rings is 2. The first-order valence-corrected chi connectivity index (χ1v) is 6.78. The summed E-state index contributed by atoms with van der Waals surface area (Å²) >= 11 is 11.6. The summed E-state index contributed by atoms with van der Waals surface area (Å²) in [6, 6.07) is 11.1. The summed E-state index contributed by atoms with van der Waals surface area (Å²) in [6.45, 7) is 0. The van der Waals surface area contributed by atoms with Crippen molar-refractivity contribution in [2.75, 3.05) is 5.32 Å². The lowest BCUT2D eigenvalue weighted by Crippen LogP contribution is -2.23. The van der Waals surface area contributed by atoms with Crippen molar-refractivity contribution in [3.05, 3.63) is 64.3 Å². The van der Waals surface area contributed by atoms with Gasteiger partial charge in [0.05, 0.1) is 5.69 Å². The predicted octanol–water partition coefficient (Wildman–Crippen LogP) is 4.49. The Balaban J connectivity index is 1.93. The summed E-state index contributed by atoms with van der Waals surface area (Å²) in [4.78, 5) is 11.7. The zero-order valence-electron chi connectivity index (χ0n) is 10.8. The molecule has 2 amide bonds. The van der Waals surface area contributed by atoms with E-state index in [1.54, 1.807) is 18.2 Å². The molecule has 0 aliphatic heterocycles. The maximum atomic E-state index is 11.7. The molecule has 0 saturated carbocycles. The van der Waals surface area contributed by atoms with Crippen molar-refractivity contribution in [2.45, 2.75) is 0 Å². The van der Waals surface area contributed by atoms with E-state index in [1.165, 1.54) is 24.4 Å². The number of urea groups is 1. The van der Waals surface area contributed by atoms with Crippen molar-refractivity contribution in [3.8, 4) is 5.75 Å². The Kier molecular flexibility index (Phi) is 5.09. The van der Waals surface area contributed by atoms with Gasteiger partial charge in [-0.3, -0.25) is 0 Å². The van der Waals surface area contributed by atoms with Crippen LogP contribution in [-0.4, -0.2) is 11.1 Å².